The van der Waals surface area contributed by atoms with Crippen LogP contribution < -0.4 is 10.2 Å². The first-order chi connectivity index (χ1) is 14.4. The zero-order valence-corrected chi connectivity index (χ0v) is 19.2. The Kier molecular flexibility index (Phi) is 7.53. The largest absolute Gasteiger partial charge is 0.331 e. The molecule has 2 N–H and O–H groups in total. The number of hydrogen-bond acceptors (Lipinski definition) is 4. The number of nitrogens with one attached hydrogen (secondary N) is 2. The van der Waals surface area contributed by atoms with Crippen LogP contribution in [0.2, 0.25) is 5.02 Å². The highest BCUT2D eigenvalue weighted by atomic mass is 35.5. The number of para-hydroxylation sites is 1. The van der Waals surface area contributed by atoms with E-state index in [1.807, 2.05) is 55.5 Å². The number of rotatable bonds is 8. The zero-order valence-electron chi connectivity index (χ0n) is 17.6. The lowest BCUT2D eigenvalue weighted by Crippen LogP contribution is -3.06. The van der Waals surface area contributed by atoms with Gasteiger partial charge in [-0.05, 0) is 36.8 Å². The maximum atomic E-state index is 12.5. The van der Waals surface area contributed by atoms with E-state index in [1.165, 1.54) is 16.7 Å². The van der Waals surface area contributed by atoms with Gasteiger partial charge in [0.05, 0.1) is 30.6 Å². The first-order valence-electron chi connectivity index (χ1n) is 9.90. The number of aryl methyl sites for hydroxylation is 1. The highest BCUT2D eigenvalue weighted by molar-refractivity contribution is 7.99. The second-order valence-corrected chi connectivity index (χ2v) is 8.72. The lowest BCUT2D eigenvalue weighted by Gasteiger charge is -2.20. The zero-order chi connectivity index (χ0) is 21.7. The minimum absolute atomic E-state index is 0.139. The predicted molar refractivity (Wildman–Crippen MR) is 123 cm³/mol. The van der Waals surface area contributed by atoms with E-state index in [0.717, 1.165) is 23.5 Å². The van der Waals surface area contributed by atoms with Crippen molar-refractivity contribution in [2.75, 3.05) is 25.2 Å². The number of amides is 1. The molecule has 3 aromatic rings. The van der Waals surface area contributed by atoms with Crippen LogP contribution in [0.5, 0.6) is 0 Å². The van der Waals surface area contributed by atoms with Crippen LogP contribution >= 0.6 is 23.4 Å². The van der Waals surface area contributed by atoms with Crippen molar-refractivity contribution in [2.24, 2.45) is 0 Å². The summed E-state index contributed by atoms with van der Waals surface area (Å²) < 4.78 is 2.05. The highest BCUT2D eigenvalue weighted by Gasteiger charge is 2.26. The van der Waals surface area contributed by atoms with Crippen LogP contribution in [0.25, 0.3) is 5.69 Å². The van der Waals surface area contributed by atoms with Gasteiger partial charge < -0.3 is 10.2 Å². The molecular formula is C22H27ClN5OS+. The fraction of sp³-hybridized carbons (Fsp3) is 0.318. The van der Waals surface area contributed by atoms with Crippen LogP contribution in [0.15, 0.2) is 53.7 Å². The Labute approximate surface area is 186 Å². The fourth-order valence-corrected chi connectivity index (χ4v) is 4.35. The van der Waals surface area contributed by atoms with Gasteiger partial charge in [0.25, 0.3) is 0 Å². The topological polar surface area (TPSA) is 64.2 Å². The monoisotopic (exact) mass is 444 g/mol. The summed E-state index contributed by atoms with van der Waals surface area (Å²) >= 11 is 7.59. The van der Waals surface area contributed by atoms with E-state index >= 15 is 0 Å². The van der Waals surface area contributed by atoms with Crippen molar-refractivity contribution >= 4 is 35.0 Å². The van der Waals surface area contributed by atoms with Crippen molar-refractivity contribution < 1.29 is 9.69 Å². The standard InChI is InChI=1S/C22H26ClN5OS/c1-5-19(27(3)4)21-25-26-22(28(21)16-9-7-6-8-10-16)30-14-20(29)24-18-12-11-15(2)13-17(18)23/h6-13,19H,5,14H2,1-4H3,(H,24,29)/p+1/t19-/m0/s1. The molecule has 1 heterocycles. The van der Waals surface area contributed by atoms with E-state index in [9.17, 15) is 4.79 Å². The average Bonchev–Trinajstić information content (AvgIpc) is 3.13. The van der Waals surface area contributed by atoms with Gasteiger partial charge in [0.1, 0.15) is 6.04 Å². The fourth-order valence-electron chi connectivity index (χ4n) is 3.31. The summed E-state index contributed by atoms with van der Waals surface area (Å²) in [4.78, 5) is 13.8. The van der Waals surface area contributed by atoms with Gasteiger partial charge in [0.2, 0.25) is 5.91 Å². The Morgan fingerprint density at radius 1 is 1.20 bits per heavy atom. The number of hydrogen-bond donors (Lipinski definition) is 2. The second kappa shape index (κ2) is 10.1. The SMILES string of the molecule is CC[C@@H](c1nnc(SCC(=O)Nc2ccc(C)cc2Cl)n1-c1ccccc1)[NH+](C)C. The van der Waals surface area contributed by atoms with Crippen molar-refractivity contribution in [3.05, 3.63) is 64.9 Å². The number of halogens is 1. The predicted octanol–water partition coefficient (Wildman–Crippen LogP) is 3.56. The number of aromatic nitrogens is 3. The Hall–Kier alpha value is -2.35. The summed E-state index contributed by atoms with van der Waals surface area (Å²) in [7, 11) is 4.23. The Balaban J connectivity index is 1.82. The molecule has 2 aromatic carbocycles. The molecule has 0 fully saturated rings. The van der Waals surface area contributed by atoms with Crippen LogP contribution in [-0.4, -0.2) is 40.5 Å². The quantitative estimate of drug-likeness (QED) is 0.521. The van der Waals surface area contributed by atoms with Crippen LogP contribution in [0.1, 0.15) is 30.8 Å². The normalized spacial score (nSPS) is 12.2. The van der Waals surface area contributed by atoms with Gasteiger partial charge in [-0.25, -0.2) is 0 Å². The smallest absolute Gasteiger partial charge is 0.234 e. The van der Waals surface area contributed by atoms with E-state index < -0.39 is 0 Å². The molecule has 0 saturated heterocycles. The molecule has 1 amide bonds. The molecule has 0 aliphatic rings. The van der Waals surface area contributed by atoms with E-state index in [-0.39, 0.29) is 17.7 Å². The van der Waals surface area contributed by atoms with Gasteiger partial charge in [-0.2, -0.15) is 0 Å². The molecule has 30 heavy (non-hydrogen) atoms. The van der Waals surface area contributed by atoms with Crippen LogP contribution in [0.3, 0.4) is 0 Å². The van der Waals surface area contributed by atoms with E-state index in [1.54, 1.807) is 0 Å². The molecule has 6 nitrogen and oxygen atoms in total. The number of thioether (sulfide) groups is 1. The van der Waals surface area contributed by atoms with E-state index in [0.29, 0.717) is 15.9 Å². The third-order valence-electron chi connectivity index (χ3n) is 4.82. The molecule has 158 valence electrons. The third kappa shape index (κ3) is 5.22. The number of nitrogens with zero attached hydrogens (tertiary/aromatic N) is 3. The summed E-state index contributed by atoms with van der Waals surface area (Å²) in [5, 5.41) is 13.0. The van der Waals surface area contributed by atoms with Crippen molar-refractivity contribution in [3.63, 3.8) is 0 Å². The summed E-state index contributed by atoms with van der Waals surface area (Å²) in [6.07, 6.45) is 0.935. The summed E-state index contributed by atoms with van der Waals surface area (Å²) in [5.41, 5.74) is 2.64. The van der Waals surface area contributed by atoms with E-state index in [4.69, 9.17) is 11.6 Å². The summed E-state index contributed by atoms with van der Waals surface area (Å²) in [6, 6.07) is 15.8. The lowest BCUT2D eigenvalue weighted by atomic mass is 10.2. The molecule has 3 rings (SSSR count). The van der Waals surface area contributed by atoms with Crippen LogP contribution in [0, 0.1) is 6.92 Å². The van der Waals surface area contributed by atoms with Gasteiger partial charge in [-0.1, -0.05) is 54.6 Å². The van der Waals surface area contributed by atoms with Crippen molar-refractivity contribution in [1.29, 1.82) is 0 Å². The number of carbonyl (C=O) groups excluding carboxylic acids is 1. The van der Waals surface area contributed by atoms with Crippen LogP contribution in [-0.2, 0) is 4.79 Å². The summed E-state index contributed by atoms with van der Waals surface area (Å²) in [6.45, 7) is 4.10. The Morgan fingerprint density at radius 2 is 1.93 bits per heavy atom. The first-order valence-corrected chi connectivity index (χ1v) is 11.3. The minimum Gasteiger partial charge on any atom is -0.331 e. The van der Waals surface area contributed by atoms with E-state index in [2.05, 4.69) is 41.1 Å². The molecule has 1 aromatic heterocycles. The van der Waals surface area contributed by atoms with Crippen molar-refractivity contribution in [2.45, 2.75) is 31.5 Å². The molecule has 0 aliphatic carbocycles. The van der Waals surface area contributed by atoms with Crippen molar-refractivity contribution in [1.82, 2.24) is 14.8 Å². The Bertz CT molecular complexity index is 1010. The number of quaternary nitrogens is 1. The number of carbonyl (C=O) groups is 1. The van der Waals surface area contributed by atoms with Gasteiger partial charge in [0.15, 0.2) is 11.0 Å². The Morgan fingerprint density at radius 3 is 2.57 bits per heavy atom. The second-order valence-electron chi connectivity index (χ2n) is 7.37. The molecule has 1 atom stereocenters. The van der Waals surface area contributed by atoms with Crippen LogP contribution in [0.4, 0.5) is 5.69 Å². The lowest BCUT2D eigenvalue weighted by molar-refractivity contribution is -0.893. The highest BCUT2D eigenvalue weighted by Crippen LogP contribution is 2.26. The minimum atomic E-state index is -0.139. The maximum Gasteiger partial charge on any atom is 0.234 e. The van der Waals surface area contributed by atoms with Crippen molar-refractivity contribution in [3.8, 4) is 5.69 Å². The molecule has 8 heteroatoms. The van der Waals surface area contributed by atoms with Gasteiger partial charge in [-0.3, -0.25) is 9.36 Å². The maximum absolute atomic E-state index is 12.5. The van der Waals surface area contributed by atoms with Gasteiger partial charge >= 0.3 is 0 Å². The molecular weight excluding hydrogens is 418 g/mol. The molecule has 0 aliphatic heterocycles. The number of benzene rings is 2. The average molecular weight is 445 g/mol. The first kappa shape index (κ1) is 22.3. The molecule has 0 spiro atoms. The summed E-state index contributed by atoms with van der Waals surface area (Å²) in [5.74, 6) is 0.967. The molecule has 0 saturated carbocycles. The number of anilines is 1. The molecule has 0 bridgehead atoms. The third-order valence-corrected chi connectivity index (χ3v) is 6.06. The van der Waals surface area contributed by atoms with Gasteiger partial charge in [-0.15, -0.1) is 10.2 Å². The van der Waals surface area contributed by atoms with Gasteiger partial charge in [0, 0.05) is 12.1 Å². The molecule has 0 radical (unpaired) electrons. The molecule has 0 unspecified atom stereocenters.